The van der Waals surface area contributed by atoms with Crippen molar-refractivity contribution in [3.8, 4) is 0 Å². The largest absolute Gasteiger partial charge is 0.370 e. The zero-order valence-corrected chi connectivity index (χ0v) is 14.0. The monoisotopic (exact) mass is 310 g/mol. The van der Waals surface area contributed by atoms with Crippen molar-refractivity contribution in [1.82, 2.24) is 4.90 Å². The fourth-order valence-electron chi connectivity index (χ4n) is 2.33. The number of likely N-dealkylation sites (N-methyl/N-ethyl adjacent to an activating group) is 1. The zero-order valence-electron chi connectivity index (χ0n) is 14.0. The number of guanidine groups is 1. The molecule has 0 aliphatic rings. The molecular formula is C19H26N4. The highest BCUT2D eigenvalue weighted by Gasteiger charge is 2.00. The van der Waals surface area contributed by atoms with E-state index in [1.807, 2.05) is 18.2 Å². The molecule has 0 aliphatic carbocycles. The molecule has 0 aromatic heterocycles. The summed E-state index contributed by atoms with van der Waals surface area (Å²) in [6, 6.07) is 18.7. The lowest BCUT2D eigenvalue weighted by Crippen LogP contribution is -2.26. The first-order valence-electron chi connectivity index (χ1n) is 8.05. The minimum absolute atomic E-state index is 0.461. The number of aryl methyl sites for hydroxylation is 1. The molecule has 0 saturated carbocycles. The highest BCUT2D eigenvalue weighted by Crippen LogP contribution is 2.09. The van der Waals surface area contributed by atoms with Crippen molar-refractivity contribution in [2.75, 3.05) is 25.5 Å². The second-order valence-corrected chi connectivity index (χ2v) is 5.67. The molecule has 0 saturated heterocycles. The minimum atomic E-state index is 0.461. The number of hydrogen-bond donors (Lipinski definition) is 2. The Kier molecular flexibility index (Phi) is 6.63. The third-order valence-electron chi connectivity index (χ3n) is 3.69. The van der Waals surface area contributed by atoms with Crippen LogP contribution in [0.15, 0.2) is 59.6 Å². The molecule has 122 valence electrons. The van der Waals surface area contributed by atoms with Gasteiger partial charge in [-0.05, 0) is 36.7 Å². The van der Waals surface area contributed by atoms with Crippen molar-refractivity contribution < 1.29 is 0 Å². The van der Waals surface area contributed by atoms with E-state index in [2.05, 4.69) is 65.6 Å². The van der Waals surface area contributed by atoms with Crippen molar-refractivity contribution in [3.63, 3.8) is 0 Å². The van der Waals surface area contributed by atoms with Crippen molar-refractivity contribution in [3.05, 3.63) is 65.7 Å². The van der Waals surface area contributed by atoms with Gasteiger partial charge in [0, 0.05) is 18.8 Å². The van der Waals surface area contributed by atoms with Gasteiger partial charge in [0.1, 0.15) is 0 Å². The number of hydrogen-bond acceptors (Lipinski definition) is 2. The number of anilines is 1. The summed E-state index contributed by atoms with van der Waals surface area (Å²) in [6.45, 7) is 4.60. The van der Waals surface area contributed by atoms with Crippen LogP contribution in [0.5, 0.6) is 0 Å². The summed E-state index contributed by atoms with van der Waals surface area (Å²) in [6.07, 6.45) is 1.04. The SMILES string of the molecule is CCc1ccc(NC(N)=NCCN(C)Cc2ccccc2)cc1. The number of aliphatic imine (C=N–C) groups is 1. The van der Waals surface area contributed by atoms with E-state index >= 15 is 0 Å². The van der Waals surface area contributed by atoms with Gasteiger partial charge in [-0.2, -0.15) is 0 Å². The van der Waals surface area contributed by atoms with Crippen LogP contribution < -0.4 is 11.1 Å². The Morgan fingerprint density at radius 3 is 2.39 bits per heavy atom. The fraction of sp³-hybridized carbons (Fsp3) is 0.316. The van der Waals surface area contributed by atoms with Gasteiger partial charge in [-0.1, -0.05) is 49.4 Å². The average molecular weight is 310 g/mol. The van der Waals surface area contributed by atoms with Gasteiger partial charge in [0.05, 0.1) is 6.54 Å². The predicted octanol–water partition coefficient (Wildman–Crippen LogP) is 3.11. The van der Waals surface area contributed by atoms with Crippen LogP contribution in [-0.4, -0.2) is 31.0 Å². The highest BCUT2D eigenvalue weighted by atomic mass is 15.1. The molecule has 4 heteroatoms. The first-order valence-corrected chi connectivity index (χ1v) is 8.05. The molecule has 0 spiro atoms. The van der Waals surface area contributed by atoms with Crippen LogP contribution in [0.2, 0.25) is 0 Å². The van der Waals surface area contributed by atoms with Gasteiger partial charge in [0.15, 0.2) is 5.96 Å². The molecule has 3 N–H and O–H groups in total. The third-order valence-corrected chi connectivity index (χ3v) is 3.69. The van der Waals surface area contributed by atoms with Crippen LogP contribution in [0.1, 0.15) is 18.1 Å². The van der Waals surface area contributed by atoms with Gasteiger partial charge in [-0.15, -0.1) is 0 Å². The first kappa shape index (κ1) is 17.0. The fourth-order valence-corrected chi connectivity index (χ4v) is 2.33. The van der Waals surface area contributed by atoms with Crippen molar-refractivity contribution >= 4 is 11.6 Å². The second kappa shape index (κ2) is 8.96. The Balaban J connectivity index is 1.75. The Bertz CT molecular complexity index is 605. The van der Waals surface area contributed by atoms with Crippen molar-refractivity contribution in [2.24, 2.45) is 10.7 Å². The third kappa shape index (κ3) is 6.12. The molecule has 0 fully saturated rings. The lowest BCUT2D eigenvalue weighted by molar-refractivity contribution is 0.336. The van der Waals surface area contributed by atoms with Crippen LogP contribution in [0, 0.1) is 0 Å². The topological polar surface area (TPSA) is 53.6 Å². The average Bonchev–Trinajstić information content (AvgIpc) is 2.56. The van der Waals surface area contributed by atoms with Gasteiger partial charge >= 0.3 is 0 Å². The lowest BCUT2D eigenvalue weighted by atomic mass is 10.1. The lowest BCUT2D eigenvalue weighted by Gasteiger charge is -2.15. The molecule has 2 aromatic carbocycles. The van der Waals surface area contributed by atoms with E-state index in [4.69, 9.17) is 5.73 Å². The molecule has 0 bridgehead atoms. The Morgan fingerprint density at radius 2 is 1.74 bits per heavy atom. The molecular weight excluding hydrogens is 284 g/mol. The Morgan fingerprint density at radius 1 is 1.04 bits per heavy atom. The number of nitrogens with one attached hydrogen (secondary N) is 1. The van der Waals surface area contributed by atoms with Gasteiger partial charge in [-0.25, -0.2) is 0 Å². The minimum Gasteiger partial charge on any atom is -0.370 e. The molecule has 0 radical (unpaired) electrons. The number of benzene rings is 2. The molecule has 4 nitrogen and oxygen atoms in total. The summed E-state index contributed by atoms with van der Waals surface area (Å²) in [7, 11) is 2.09. The van der Waals surface area contributed by atoms with Gasteiger partial charge in [-0.3, -0.25) is 4.99 Å². The van der Waals surface area contributed by atoms with E-state index in [1.165, 1.54) is 11.1 Å². The molecule has 0 unspecified atom stereocenters. The van der Waals surface area contributed by atoms with Crippen LogP contribution in [0.3, 0.4) is 0 Å². The van der Waals surface area contributed by atoms with Crippen LogP contribution in [0.25, 0.3) is 0 Å². The normalized spacial score (nSPS) is 11.7. The smallest absolute Gasteiger partial charge is 0.193 e. The molecule has 2 rings (SSSR count). The number of nitrogens with two attached hydrogens (primary N) is 1. The summed E-state index contributed by atoms with van der Waals surface area (Å²) in [4.78, 5) is 6.62. The second-order valence-electron chi connectivity index (χ2n) is 5.67. The maximum Gasteiger partial charge on any atom is 0.193 e. The van der Waals surface area contributed by atoms with Gasteiger partial charge < -0.3 is 16.0 Å². The van der Waals surface area contributed by atoms with E-state index in [9.17, 15) is 0 Å². The van der Waals surface area contributed by atoms with E-state index in [1.54, 1.807) is 0 Å². The van der Waals surface area contributed by atoms with Crippen LogP contribution >= 0.6 is 0 Å². The number of nitrogens with zero attached hydrogens (tertiary/aromatic N) is 2. The molecule has 2 aromatic rings. The van der Waals surface area contributed by atoms with E-state index < -0.39 is 0 Å². The molecule has 23 heavy (non-hydrogen) atoms. The first-order chi connectivity index (χ1) is 11.2. The molecule has 0 heterocycles. The standard InChI is InChI=1S/C19H26N4/c1-3-16-9-11-18(12-10-16)22-19(20)21-13-14-23(2)15-17-7-5-4-6-8-17/h4-12H,3,13-15H2,1-2H3,(H3,20,21,22). The maximum atomic E-state index is 5.94. The Labute approximate surface area is 139 Å². The predicted molar refractivity (Wildman–Crippen MR) is 98.7 cm³/mol. The highest BCUT2D eigenvalue weighted by molar-refractivity contribution is 5.92. The van der Waals surface area contributed by atoms with Crippen LogP contribution in [-0.2, 0) is 13.0 Å². The summed E-state index contributed by atoms with van der Waals surface area (Å²) in [5.74, 6) is 0.461. The van der Waals surface area contributed by atoms with E-state index in [0.717, 1.165) is 25.2 Å². The van der Waals surface area contributed by atoms with Crippen molar-refractivity contribution in [1.29, 1.82) is 0 Å². The maximum absolute atomic E-state index is 5.94. The van der Waals surface area contributed by atoms with Crippen molar-refractivity contribution in [2.45, 2.75) is 19.9 Å². The molecule has 0 aliphatic heterocycles. The zero-order chi connectivity index (χ0) is 16.5. The Hall–Kier alpha value is -2.33. The number of rotatable bonds is 7. The summed E-state index contributed by atoms with van der Waals surface area (Å²) >= 11 is 0. The summed E-state index contributed by atoms with van der Waals surface area (Å²) < 4.78 is 0. The quantitative estimate of drug-likeness (QED) is 0.610. The molecule has 0 atom stereocenters. The van der Waals surface area contributed by atoms with Gasteiger partial charge in [0.25, 0.3) is 0 Å². The molecule has 0 amide bonds. The van der Waals surface area contributed by atoms with E-state index in [0.29, 0.717) is 12.5 Å². The van der Waals surface area contributed by atoms with E-state index in [-0.39, 0.29) is 0 Å². The van der Waals surface area contributed by atoms with Gasteiger partial charge in [0.2, 0.25) is 0 Å². The summed E-state index contributed by atoms with van der Waals surface area (Å²) in [5.41, 5.74) is 9.53. The summed E-state index contributed by atoms with van der Waals surface area (Å²) in [5, 5.41) is 3.13. The van der Waals surface area contributed by atoms with Crippen LogP contribution in [0.4, 0.5) is 5.69 Å².